The van der Waals surface area contributed by atoms with Crippen LogP contribution in [-0.4, -0.2) is 31.1 Å². The number of phenols is 1. The van der Waals surface area contributed by atoms with Crippen molar-refractivity contribution in [1.29, 1.82) is 0 Å². The molecule has 0 fully saturated rings. The number of halogens is 1. The van der Waals surface area contributed by atoms with Gasteiger partial charge >= 0.3 is 0 Å². The number of rotatable bonds is 5. The number of carbonyl (C=O) groups excluding carboxylic acids is 1. The van der Waals surface area contributed by atoms with E-state index in [0.29, 0.717) is 33.6 Å². The lowest BCUT2D eigenvalue weighted by molar-refractivity contribution is -0.113. The van der Waals surface area contributed by atoms with Crippen LogP contribution >= 0.6 is 11.6 Å². The number of nitrogens with zero attached hydrogens (tertiary/aromatic N) is 2. The smallest absolute Gasteiger partial charge is 0.282 e. The molecule has 0 aromatic heterocycles. The Bertz CT molecular complexity index is 1200. The highest BCUT2D eigenvalue weighted by Crippen LogP contribution is 2.33. The lowest BCUT2D eigenvalue weighted by Crippen LogP contribution is -2.32. The molecule has 0 radical (unpaired) electrons. The highest BCUT2D eigenvalue weighted by Gasteiger charge is 2.33. The standard InChI is InChI=1S/C24H19ClN2O4/c1-30-21-12-7-15(14-22(21)31-2)13-20-24(29)27(16-8-10-17(28)11-9-16)23(26-20)18-5-3-4-6-19(18)25/h3-14,28H,1-2H3/b20-13+. The largest absolute Gasteiger partial charge is 0.508 e. The number of benzene rings is 3. The lowest BCUT2D eigenvalue weighted by Gasteiger charge is -2.19. The van der Waals surface area contributed by atoms with Gasteiger partial charge in [0.05, 0.1) is 24.9 Å². The molecule has 3 aromatic rings. The Labute approximate surface area is 184 Å². The van der Waals surface area contributed by atoms with E-state index in [9.17, 15) is 9.90 Å². The van der Waals surface area contributed by atoms with E-state index in [1.807, 2.05) is 18.2 Å². The summed E-state index contributed by atoms with van der Waals surface area (Å²) in [7, 11) is 3.11. The average molecular weight is 435 g/mol. The average Bonchev–Trinajstić information content (AvgIpc) is 3.10. The molecule has 0 saturated heterocycles. The third-order valence-corrected chi connectivity index (χ3v) is 5.12. The molecule has 1 aliphatic rings. The molecule has 0 aliphatic carbocycles. The second-order valence-electron chi connectivity index (χ2n) is 6.72. The van der Waals surface area contributed by atoms with Gasteiger partial charge in [-0.25, -0.2) is 4.99 Å². The first kappa shape index (κ1) is 20.5. The summed E-state index contributed by atoms with van der Waals surface area (Å²) in [6.45, 7) is 0. The van der Waals surface area contributed by atoms with Crippen LogP contribution in [0.5, 0.6) is 17.2 Å². The number of ether oxygens (including phenoxy) is 2. The Hall–Kier alpha value is -3.77. The number of hydrogen-bond acceptors (Lipinski definition) is 5. The molecule has 1 aliphatic heterocycles. The number of anilines is 1. The van der Waals surface area contributed by atoms with Crippen molar-refractivity contribution in [2.75, 3.05) is 19.1 Å². The maximum absolute atomic E-state index is 13.3. The van der Waals surface area contributed by atoms with Gasteiger partial charge in [0.1, 0.15) is 17.3 Å². The van der Waals surface area contributed by atoms with Crippen LogP contribution in [0.1, 0.15) is 11.1 Å². The van der Waals surface area contributed by atoms with Crippen molar-refractivity contribution in [3.63, 3.8) is 0 Å². The van der Waals surface area contributed by atoms with Crippen molar-refractivity contribution in [2.24, 2.45) is 4.99 Å². The summed E-state index contributed by atoms with van der Waals surface area (Å²) in [6.07, 6.45) is 1.68. The normalized spacial score (nSPS) is 14.7. The highest BCUT2D eigenvalue weighted by molar-refractivity contribution is 6.39. The first-order valence-electron chi connectivity index (χ1n) is 9.42. The third-order valence-electron chi connectivity index (χ3n) is 4.79. The fourth-order valence-corrected chi connectivity index (χ4v) is 3.50. The summed E-state index contributed by atoms with van der Waals surface area (Å²) in [5.41, 5.74) is 2.17. The molecule has 0 saturated carbocycles. The summed E-state index contributed by atoms with van der Waals surface area (Å²) < 4.78 is 10.6. The molecule has 4 rings (SSSR count). The number of aromatic hydroxyl groups is 1. The van der Waals surface area contributed by atoms with Crippen LogP contribution in [0.4, 0.5) is 5.69 Å². The maximum atomic E-state index is 13.3. The zero-order valence-corrected chi connectivity index (χ0v) is 17.6. The Morgan fingerprint density at radius 3 is 2.35 bits per heavy atom. The van der Waals surface area contributed by atoms with E-state index in [2.05, 4.69) is 4.99 Å². The zero-order valence-electron chi connectivity index (χ0n) is 16.9. The number of methoxy groups -OCH3 is 2. The lowest BCUT2D eigenvalue weighted by atomic mass is 10.1. The van der Waals surface area contributed by atoms with E-state index >= 15 is 0 Å². The summed E-state index contributed by atoms with van der Waals surface area (Å²) in [6, 6.07) is 18.9. The van der Waals surface area contributed by atoms with Gasteiger partial charge in [-0.05, 0) is 60.2 Å². The van der Waals surface area contributed by atoms with Crippen molar-refractivity contribution < 1.29 is 19.4 Å². The predicted octanol–water partition coefficient (Wildman–Crippen LogP) is 4.90. The molecular weight excluding hydrogens is 416 g/mol. The van der Waals surface area contributed by atoms with Crippen molar-refractivity contribution >= 4 is 35.1 Å². The quantitative estimate of drug-likeness (QED) is 0.580. The molecule has 156 valence electrons. The van der Waals surface area contributed by atoms with Gasteiger partial charge in [-0.15, -0.1) is 0 Å². The van der Waals surface area contributed by atoms with Gasteiger partial charge in [0, 0.05) is 5.56 Å². The molecule has 7 heteroatoms. The van der Waals surface area contributed by atoms with Crippen LogP contribution in [0.15, 0.2) is 77.4 Å². The van der Waals surface area contributed by atoms with Crippen LogP contribution in [0.25, 0.3) is 6.08 Å². The number of amidine groups is 1. The zero-order chi connectivity index (χ0) is 22.0. The number of aliphatic imine (C=N–C) groups is 1. The Morgan fingerprint density at radius 1 is 0.968 bits per heavy atom. The van der Waals surface area contributed by atoms with Crippen LogP contribution in [0.2, 0.25) is 5.02 Å². The van der Waals surface area contributed by atoms with Crippen LogP contribution in [0.3, 0.4) is 0 Å². The SMILES string of the molecule is COc1ccc(/C=C2/N=C(c3ccccc3Cl)N(c3ccc(O)cc3)C2=O)cc1OC. The topological polar surface area (TPSA) is 71.4 Å². The van der Waals surface area contributed by atoms with Gasteiger partial charge in [0.2, 0.25) is 0 Å². The van der Waals surface area contributed by atoms with Gasteiger partial charge < -0.3 is 14.6 Å². The fraction of sp³-hybridized carbons (Fsp3) is 0.0833. The summed E-state index contributed by atoms with van der Waals surface area (Å²) in [4.78, 5) is 19.4. The minimum Gasteiger partial charge on any atom is -0.508 e. The minimum atomic E-state index is -0.310. The number of phenolic OH excluding ortho intramolecular Hbond substituents is 1. The molecule has 0 spiro atoms. The van der Waals surface area contributed by atoms with E-state index in [1.165, 1.54) is 17.0 Å². The first-order chi connectivity index (χ1) is 15.0. The van der Waals surface area contributed by atoms with Crippen molar-refractivity contribution in [1.82, 2.24) is 0 Å². The molecule has 0 bridgehead atoms. The van der Waals surface area contributed by atoms with Crippen LogP contribution in [0, 0.1) is 0 Å². The van der Waals surface area contributed by atoms with Gasteiger partial charge in [-0.2, -0.15) is 0 Å². The summed E-state index contributed by atoms with van der Waals surface area (Å²) >= 11 is 6.40. The van der Waals surface area contributed by atoms with E-state index in [-0.39, 0.29) is 17.4 Å². The van der Waals surface area contributed by atoms with Crippen molar-refractivity contribution in [3.05, 3.63) is 88.6 Å². The van der Waals surface area contributed by atoms with E-state index in [1.54, 1.807) is 56.7 Å². The second-order valence-corrected chi connectivity index (χ2v) is 7.12. The highest BCUT2D eigenvalue weighted by atomic mass is 35.5. The van der Waals surface area contributed by atoms with Crippen molar-refractivity contribution in [2.45, 2.75) is 0 Å². The second kappa shape index (κ2) is 8.53. The minimum absolute atomic E-state index is 0.104. The van der Waals surface area contributed by atoms with Crippen molar-refractivity contribution in [3.8, 4) is 17.2 Å². The van der Waals surface area contributed by atoms with E-state index in [4.69, 9.17) is 21.1 Å². The molecule has 1 N–H and O–H groups in total. The van der Waals surface area contributed by atoms with E-state index < -0.39 is 0 Å². The Balaban J connectivity index is 1.83. The monoisotopic (exact) mass is 434 g/mol. The molecule has 6 nitrogen and oxygen atoms in total. The first-order valence-corrected chi connectivity index (χ1v) is 9.80. The molecule has 0 unspecified atom stereocenters. The van der Waals surface area contributed by atoms with Gasteiger partial charge in [0.25, 0.3) is 5.91 Å². The third kappa shape index (κ3) is 3.98. The molecule has 0 atom stereocenters. The Morgan fingerprint density at radius 2 is 1.68 bits per heavy atom. The molecule has 3 aromatic carbocycles. The van der Waals surface area contributed by atoms with Gasteiger partial charge in [-0.1, -0.05) is 29.8 Å². The Kier molecular flexibility index (Phi) is 5.64. The summed E-state index contributed by atoms with van der Waals surface area (Å²) in [5, 5.41) is 10.1. The van der Waals surface area contributed by atoms with Crippen LogP contribution < -0.4 is 14.4 Å². The number of carbonyl (C=O) groups is 1. The number of hydrogen-bond donors (Lipinski definition) is 1. The van der Waals surface area contributed by atoms with E-state index in [0.717, 1.165) is 5.56 Å². The van der Waals surface area contributed by atoms with Gasteiger partial charge in [0.15, 0.2) is 11.5 Å². The molecule has 1 heterocycles. The van der Waals surface area contributed by atoms with Crippen LogP contribution in [-0.2, 0) is 4.79 Å². The number of amides is 1. The maximum Gasteiger partial charge on any atom is 0.282 e. The fourth-order valence-electron chi connectivity index (χ4n) is 3.28. The predicted molar refractivity (Wildman–Crippen MR) is 121 cm³/mol. The summed E-state index contributed by atoms with van der Waals surface area (Å²) in [5.74, 6) is 1.34. The van der Waals surface area contributed by atoms with Gasteiger partial charge in [-0.3, -0.25) is 9.69 Å². The molecule has 31 heavy (non-hydrogen) atoms. The molecule has 1 amide bonds. The molecular formula is C24H19ClN2O4.